The normalized spacial score (nSPS) is 10.4. The second-order valence-electron chi connectivity index (χ2n) is 2.58. The van der Waals surface area contributed by atoms with Crippen molar-refractivity contribution in [1.29, 1.82) is 0 Å². The SMILES string of the molecule is NCCCSCCc1cccs1. The molecule has 1 heterocycles. The van der Waals surface area contributed by atoms with Gasteiger partial charge in [0.25, 0.3) is 0 Å². The van der Waals surface area contributed by atoms with E-state index >= 15 is 0 Å². The van der Waals surface area contributed by atoms with E-state index < -0.39 is 0 Å². The number of hydrogen-bond donors (Lipinski definition) is 1. The zero-order valence-corrected chi connectivity index (χ0v) is 8.79. The summed E-state index contributed by atoms with van der Waals surface area (Å²) >= 11 is 3.85. The second-order valence-corrected chi connectivity index (χ2v) is 4.84. The van der Waals surface area contributed by atoms with E-state index in [0.717, 1.165) is 13.0 Å². The summed E-state index contributed by atoms with van der Waals surface area (Å²) in [5, 5.41) is 2.14. The Morgan fingerprint density at radius 3 is 3.00 bits per heavy atom. The maximum absolute atomic E-state index is 5.39. The fourth-order valence-electron chi connectivity index (χ4n) is 0.915. The zero-order chi connectivity index (χ0) is 8.65. The third kappa shape index (κ3) is 4.14. The summed E-state index contributed by atoms with van der Waals surface area (Å²) in [4.78, 5) is 1.50. The highest BCUT2D eigenvalue weighted by Crippen LogP contribution is 2.12. The Bertz CT molecular complexity index is 184. The lowest BCUT2D eigenvalue weighted by Gasteiger charge is -1.97. The molecule has 1 aromatic rings. The van der Waals surface area contributed by atoms with Crippen LogP contribution < -0.4 is 5.73 Å². The third-order valence-electron chi connectivity index (χ3n) is 1.57. The number of thioether (sulfide) groups is 1. The topological polar surface area (TPSA) is 26.0 Å². The van der Waals surface area contributed by atoms with Gasteiger partial charge in [0.05, 0.1) is 0 Å². The largest absolute Gasteiger partial charge is 0.330 e. The molecule has 1 nitrogen and oxygen atoms in total. The molecule has 0 atom stereocenters. The Balaban J connectivity index is 1.96. The van der Waals surface area contributed by atoms with Gasteiger partial charge < -0.3 is 5.73 Å². The van der Waals surface area contributed by atoms with Gasteiger partial charge in [0.1, 0.15) is 0 Å². The van der Waals surface area contributed by atoms with Crippen molar-refractivity contribution < 1.29 is 0 Å². The fraction of sp³-hybridized carbons (Fsp3) is 0.556. The highest BCUT2D eigenvalue weighted by atomic mass is 32.2. The summed E-state index contributed by atoms with van der Waals surface area (Å²) in [5.74, 6) is 2.45. The summed E-state index contributed by atoms with van der Waals surface area (Å²) in [6.07, 6.45) is 2.36. The molecule has 0 aliphatic rings. The Kier molecular flexibility index (Phi) is 5.48. The lowest BCUT2D eigenvalue weighted by Crippen LogP contribution is -2.00. The maximum atomic E-state index is 5.39. The van der Waals surface area contributed by atoms with Crippen LogP contribution in [-0.4, -0.2) is 18.1 Å². The molecule has 0 amide bonds. The molecular formula is C9H15NS2. The highest BCUT2D eigenvalue weighted by Gasteiger charge is 1.93. The van der Waals surface area contributed by atoms with Crippen molar-refractivity contribution in [3.05, 3.63) is 22.4 Å². The number of hydrogen-bond acceptors (Lipinski definition) is 3. The maximum Gasteiger partial charge on any atom is 0.00534 e. The van der Waals surface area contributed by atoms with E-state index in [9.17, 15) is 0 Å². The Hall–Kier alpha value is 0.01000. The van der Waals surface area contributed by atoms with Gasteiger partial charge in [0.2, 0.25) is 0 Å². The molecule has 0 fully saturated rings. The molecule has 68 valence electrons. The molecule has 0 aliphatic carbocycles. The minimum atomic E-state index is 0.825. The molecule has 12 heavy (non-hydrogen) atoms. The summed E-state index contributed by atoms with van der Waals surface area (Å²) < 4.78 is 0. The standard InChI is InChI=1S/C9H15NS2/c10-5-2-6-11-8-4-9-3-1-7-12-9/h1,3,7H,2,4-6,8,10H2. The minimum Gasteiger partial charge on any atom is -0.330 e. The van der Waals surface area contributed by atoms with Crippen molar-refractivity contribution in [1.82, 2.24) is 0 Å². The first-order chi connectivity index (χ1) is 5.93. The van der Waals surface area contributed by atoms with Crippen LogP contribution in [0, 0.1) is 0 Å². The van der Waals surface area contributed by atoms with Crippen molar-refractivity contribution >= 4 is 23.1 Å². The van der Waals surface area contributed by atoms with Crippen molar-refractivity contribution in [3.8, 4) is 0 Å². The average Bonchev–Trinajstić information content (AvgIpc) is 2.57. The van der Waals surface area contributed by atoms with Crippen molar-refractivity contribution in [2.45, 2.75) is 12.8 Å². The Morgan fingerprint density at radius 1 is 1.42 bits per heavy atom. The average molecular weight is 201 g/mol. The van der Waals surface area contributed by atoms with E-state index in [4.69, 9.17) is 5.73 Å². The lowest BCUT2D eigenvalue weighted by molar-refractivity contribution is 0.942. The molecule has 2 N–H and O–H groups in total. The van der Waals surface area contributed by atoms with Crippen molar-refractivity contribution in [2.24, 2.45) is 5.73 Å². The first-order valence-electron chi connectivity index (χ1n) is 4.23. The minimum absolute atomic E-state index is 0.825. The van der Waals surface area contributed by atoms with Gasteiger partial charge in [0, 0.05) is 4.88 Å². The summed E-state index contributed by atoms with van der Waals surface area (Å²) in [6, 6.07) is 4.32. The van der Waals surface area contributed by atoms with E-state index in [-0.39, 0.29) is 0 Å². The zero-order valence-electron chi connectivity index (χ0n) is 7.16. The van der Waals surface area contributed by atoms with Crippen LogP contribution >= 0.6 is 23.1 Å². The number of aryl methyl sites for hydroxylation is 1. The van der Waals surface area contributed by atoms with Crippen molar-refractivity contribution in [3.63, 3.8) is 0 Å². The molecule has 0 aromatic carbocycles. The molecule has 0 aliphatic heterocycles. The first-order valence-corrected chi connectivity index (χ1v) is 6.27. The third-order valence-corrected chi connectivity index (χ3v) is 3.57. The molecule has 0 unspecified atom stereocenters. The van der Waals surface area contributed by atoms with Crippen LogP contribution in [0.25, 0.3) is 0 Å². The van der Waals surface area contributed by atoms with E-state index in [2.05, 4.69) is 17.5 Å². The van der Waals surface area contributed by atoms with Gasteiger partial charge in [-0.05, 0) is 42.3 Å². The predicted octanol–water partition coefficient (Wildman–Crippen LogP) is 2.37. The Labute approximate surface area is 82.4 Å². The van der Waals surface area contributed by atoms with Gasteiger partial charge in [-0.25, -0.2) is 0 Å². The van der Waals surface area contributed by atoms with Crippen LogP contribution in [0.3, 0.4) is 0 Å². The van der Waals surface area contributed by atoms with Gasteiger partial charge in [-0.15, -0.1) is 11.3 Å². The predicted molar refractivity (Wildman–Crippen MR) is 59.0 cm³/mol. The second kappa shape index (κ2) is 6.52. The van der Waals surface area contributed by atoms with Gasteiger partial charge in [-0.1, -0.05) is 6.07 Å². The summed E-state index contributed by atoms with van der Waals surface area (Å²) in [6.45, 7) is 0.825. The van der Waals surface area contributed by atoms with Gasteiger partial charge in [0.15, 0.2) is 0 Å². The number of thiophene rings is 1. The molecular weight excluding hydrogens is 186 g/mol. The van der Waals surface area contributed by atoms with Gasteiger partial charge in [-0.2, -0.15) is 11.8 Å². The fourth-order valence-corrected chi connectivity index (χ4v) is 2.69. The van der Waals surface area contributed by atoms with Crippen LogP contribution in [0.1, 0.15) is 11.3 Å². The van der Waals surface area contributed by atoms with E-state index in [1.54, 1.807) is 0 Å². The van der Waals surface area contributed by atoms with E-state index in [0.29, 0.717) is 0 Å². The Morgan fingerprint density at radius 2 is 2.33 bits per heavy atom. The van der Waals surface area contributed by atoms with Crippen LogP contribution in [0.2, 0.25) is 0 Å². The quantitative estimate of drug-likeness (QED) is 0.715. The lowest BCUT2D eigenvalue weighted by atomic mass is 10.4. The highest BCUT2D eigenvalue weighted by molar-refractivity contribution is 7.99. The first kappa shape index (κ1) is 10.1. The van der Waals surface area contributed by atoms with Gasteiger partial charge in [-0.3, -0.25) is 0 Å². The molecule has 0 bridgehead atoms. The molecule has 0 saturated carbocycles. The van der Waals surface area contributed by atoms with E-state index in [1.165, 1.54) is 22.8 Å². The molecule has 0 saturated heterocycles. The molecule has 0 radical (unpaired) electrons. The van der Waals surface area contributed by atoms with Crippen LogP contribution in [0.5, 0.6) is 0 Å². The van der Waals surface area contributed by atoms with E-state index in [1.807, 2.05) is 23.1 Å². The number of rotatable bonds is 6. The smallest absolute Gasteiger partial charge is 0.00534 e. The molecule has 3 heteroatoms. The molecule has 1 aromatic heterocycles. The molecule has 1 rings (SSSR count). The van der Waals surface area contributed by atoms with Gasteiger partial charge >= 0.3 is 0 Å². The van der Waals surface area contributed by atoms with Crippen LogP contribution in [0.15, 0.2) is 17.5 Å². The molecule has 0 spiro atoms. The number of nitrogens with two attached hydrogens (primary N) is 1. The van der Waals surface area contributed by atoms with Crippen molar-refractivity contribution in [2.75, 3.05) is 18.1 Å². The van der Waals surface area contributed by atoms with Crippen LogP contribution in [-0.2, 0) is 6.42 Å². The summed E-state index contributed by atoms with van der Waals surface area (Å²) in [7, 11) is 0. The monoisotopic (exact) mass is 201 g/mol. The summed E-state index contributed by atoms with van der Waals surface area (Å²) in [5.41, 5.74) is 5.39. The van der Waals surface area contributed by atoms with Crippen LogP contribution in [0.4, 0.5) is 0 Å².